The third-order valence-electron chi connectivity index (χ3n) is 5.00. The van der Waals surface area contributed by atoms with Crippen LogP contribution in [0.3, 0.4) is 0 Å². The molecule has 1 N–H and O–H groups in total. The molecule has 2 aromatic heterocycles. The number of aryl methyl sites for hydroxylation is 1. The third-order valence-corrected chi connectivity index (χ3v) is 5.00. The number of Topliss-reactive ketones (excluding diaryl/α,β-unsaturated/α-hetero) is 2. The van der Waals surface area contributed by atoms with Crippen molar-refractivity contribution in [3.63, 3.8) is 0 Å². The maximum Gasteiger partial charge on any atom is 0.359 e. The fraction of sp³-hybridized carbons (Fsp3) is 0.348. The first-order chi connectivity index (χ1) is 14.6. The van der Waals surface area contributed by atoms with Crippen LogP contribution < -0.4 is 5.56 Å². The molecule has 8 nitrogen and oxygen atoms in total. The van der Waals surface area contributed by atoms with Gasteiger partial charge in [-0.2, -0.15) is 5.10 Å². The second-order valence-electron chi connectivity index (χ2n) is 7.96. The highest BCUT2D eigenvalue weighted by Gasteiger charge is 2.23. The molecule has 1 aromatic carbocycles. The summed E-state index contributed by atoms with van der Waals surface area (Å²) in [6, 6.07) is 6.67. The van der Waals surface area contributed by atoms with Crippen LogP contribution in [0.1, 0.15) is 63.4 Å². The van der Waals surface area contributed by atoms with Crippen molar-refractivity contribution in [1.82, 2.24) is 14.8 Å². The largest absolute Gasteiger partial charge is 0.452 e. The van der Waals surface area contributed by atoms with E-state index < -0.39 is 18.4 Å². The van der Waals surface area contributed by atoms with Crippen molar-refractivity contribution in [2.75, 3.05) is 6.61 Å². The molecule has 0 bridgehead atoms. The normalized spacial score (nSPS) is 11.2. The van der Waals surface area contributed by atoms with Crippen molar-refractivity contribution in [1.29, 1.82) is 0 Å². The lowest BCUT2D eigenvalue weighted by Gasteiger charge is -2.12. The lowest BCUT2D eigenvalue weighted by molar-refractivity contribution is 0.0467. The predicted octanol–water partition coefficient (Wildman–Crippen LogP) is 3.24. The number of hydrogen-bond acceptors (Lipinski definition) is 6. The number of rotatable bonds is 7. The molecule has 0 saturated carbocycles. The van der Waals surface area contributed by atoms with Crippen LogP contribution in [0.25, 0.3) is 10.8 Å². The summed E-state index contributed by atoms with van der Waals surface area (Å²) in [4.78, 5) is 52.8. The highest BCUT2D eigenvalue weighted by atomic mass is 16.5. The zero-order valence-corrected chi connectivity index (χ0v) is 18.2. The quantitative estimate of drug-likeness (QED) is 0.461. The number of nitrogens with zero attached hydrogens (tertiary/aromatic N) is 2. The number of benzene rings is 1. The van der Waals surface area contributed by atoms with Gasteiger partial charge in [0, 0.05) is 23.2 Å². The molecule has 2 heterocycles. The molecule has 0 saturated heterocycles. The Balaban J connectivity index is 1.90. The lowest BCUT2D eigenvalue weighted by Crippen LogP contribution is -2.28. The molecule has 0 atom stereocenters. The number of carbonyl (C=O) groups excluding carboxylic acids is 3. The Morgan fingerprint density at radius 2 is 1.77 bits per heavy atom. The van der Waals surface area contributed by atoms with Crippen molar-refractivity contribution >= 4 is 28.3 Å². The van der Waals surface area contributed by atoms with Crippen LogP contribution in [0.4, 0.5) is 0 Å². The van der Waals surface area contributed by atoms with Crippen LogP contribution >= 0.6 is 0 Å². The van der Waals surface area contributed by atoms with Crippen LogP contribution in [-0.2, 0) is 11.3 Å². The van der Waals surface area contributed by atoms with Crippen LogP contribution in [0.5, 0.6) is 0 Å². The Labute approximate surface area is 179 Å². The molecule has 0 aliphatic heterocycles. The van der Waals surface area contributed by atoms with Crippen LogP contribution in [0.2, 0.25) is 0 Å². The van der Waals surface area contributed by atoms with Gasteiger partial charge in [-0.15, -0.1) is 0 Å². The summed E-state index contributed by atoms with van der Waals surface area (Å²) in [6.07, 6.45) is 0. The van der Waals surface area contributed by atoms with Gasteiger partial charge in [0.1, 0.15) is 0 Å². The van der Waals surface area contributed by atoms with E-state index in [2.05, 4.69) is 10.1 Å². The minimum Gasteiger partial charge on any atom is -0.452 e. The van der Waals surface area contributed by atoms with Crippen molar-refractivity contribution in [2.24, 2.45) is 5.92 Å². The van der Waals surface area contributed by atoms with Gasteiger partial charge in [0.2, 0.25) is 5.78 Å². The molecule has 0 aliphatic rings. The first-order valence-corrected chi connectivity index (χ1v) is 10.0. The number of hydrogen-bond donors (Lipinski definition) is 1. The number of fused-ring (bicyclic) bond motifs is 1. The Kier molecular flexibility index (Phi) is 6.19. The van der Waals surface area contributed by atoms with Gasteiger partial charge in [0.25, 0.3) is 5.56 Å². The van der Waals surface area contributed by atoms with E-state index in [0.717, 1.165) is 0 Å². The summed E-state index contributed by atoms with van der Waals surface area (Å²) in [5.41, 5.74) is 1.51. The Hall–Kier alpha value is -3.55. The van der Waals surface area contributed by atoms with Gasteiger partial charge in [-0.3, -0.25) is 14.4 Å². The molecular formula is C23H25N3O5. The lowest BCUT2D eigenvalue weighted by atomic mass is 10.1. The van der Waals surface area contributed by atoms with E-state index >= 15 is 0 Å². The van der Waals surface area contributed by atoms with Crippen molar-refractivity contribution in [2.45, 2.75) is 41.2 Å². The molecule has 0 amide bonds. The Bertz CT molecular complexity index is 1250. The molecule has 0 fully saturated rings. The summed E-state index contributed by atoms with van der Waals surface area (Å²) < 4.78 is 6.50. The van der Waals surface area contributed by atoms with E-state index in [9.17, 15) is 19.2 Å². The maximum absolute atomic E-state index is 12.8. The molecule has 162 valence electrons. The van der Waals surface area contributed by atoms with Crippen molar-refractivity contribution in [3.8, 4) is 0 Å². The minimum absolute atomic E-state index is 0.0209. The van der Waals surface area contributed by atoms with Crippen molar-refractivity contribution < 1.29 is 19.1 Å². The fourth-order valence-corrected chi connectivity index (χ4v) is 3.68. The zero-order valence-electron chi connectivity index (χ0n) is 18.2. The molecule has 31 heavy (non-hydrogen) atoms. The van der Waals surface area contributed by atoms with Crippen LogP contribution in [-0.4, -0.2) is 38.9 Å². The number of H-pyrrole nitrogens is 1. The second-order valence-corrected chi connectivity index (χ2v) is 7.96. The van der Waals surface area contributed by atoms with Gasteiger partial charge in [-0.05, 0) is 38.3 Å². The molecule has 0 unspecified atom stereocenters. The summed E-state index contributed by atoms with van der Waals surface area (Å²) in [5, 5.41) is 4.95. The molecule has 0 radical (unpaired) electrons. The molecule has 0 aliphatic carbocycles. The minimum atomic E-state index is -0.797. The maximum atomic E-state index is 12.8. The number of nitrogens with one attached hydrogen (secondary N) is 1. The Morgan fingerprint density at radius 3 is 2.35 bits per heavy atom. The first kappa shape index (κ1) is 22.1. The topological polar surface area (TPSA) is 111 Å². The number of esters is 1. The van der Waals surface area contributed by atoms with Crippen LogP contribution in [0.15, 0.2) is 29.1 Å². The second kappa shape index (κ2) is 8.67. The highest BCUT2D eigenvalue weighted by molar-refractivity contribution is 6.06. The van der Waals surface area contributed by atoms with Gasteiger partial charge < -0.3 is 9.72 Å². The average molecular weight is 423 g/mol. The molecule has 8 heteroatoms. The predicted molar refractivity (Wildman–Crippen MR) is 116 cm³/mol. The van der Waals surface area contributed by atoms with Crippen LogP contribution in [0, 0.1) is 19.8 Å². The number of aromatic amines is 1. The van der Waals surface area contributed by atoms with E-state index in [1.807, 2.05) is 13.8 Å². The summed E-state index contributed by atoms with van der Waals surface area (Å²) >= 11 is 0. The fourth-order valence-electron chi connectivity index (χ4n) is 3.68. The van der Waals surface area contributed by atoms with E-state index in [-0.39, 0.29) is 28.6 Å². The van der Waals surface area contributed by atoms with Gasteiger partial charge in [0.05, 0.1) is 11.1 Å². The summed E-state index contributed by atoms with van der Waals surface area (Å²) in [6.45, 7) is 8.52. The van der Waals surface area contributed by atoms with Gasteiger partial charge in [-0.25, -0.2) is 9.48 Å². The monoisotopic (exact) mass is 423 g/mol. The summed E-state index contributed by atoms with van der Waals surface area (Å²) in [7, 11) is 0. The standard InChI is InChI=1S/C23H25N3O5/c1-12(2)10-26-22(29)17-9-7-6-8-16(17)21(25-26)23(30)31-11-18(28)20-13(3)19(15(5)27)14(4)24-20/h6-9,12,24H,10-11H2,1-5H3. The Morgan fingerprint density at radius 1 is 1.13 bits per heavy atom. The van der Waals surface area contributed by atoms with Crippen molar-refractivity contribution in [3.05, 3.63) is 62.8 Å². The van der Waals surface area contributed by atoms with E-state index in [0.29, 0.717) is 34.1 Å². The molecule has 3 aromatic rings. The van der Waals surface area contributed by atoms with Gasteiger partial charge in [-0.1, -0.05) is 32.0 Å². The van der Waals surface area contributed by atoms with Gasteiger partial charge in [0.15, 0.2) is 18.1 Å². The SMILES string of the molecule is CC(=O)c1c(C)[nH]c(C(=O)COC(=O)c2nn(CC(C)C)c(=O)c3ccccc23)c1C. The first-order valence-electron chi connectivity index (χ1n) is 10.0. The highest BCUT2D eigenvalue weighted by Crippen LogP contribution is 2.20. The van der Waals surface area contributed by atoms with Gasteiger partial charge >= 0.3 is 5.97 Å². The number of carbonyl (C=O) groups is 3. The molecule has 0 spiro atoms. The van der Waals surface area contributed by atoms with E-state index in [4.69, 9.17) is 4.74 Å². The third kappa shape index (κ3) is 4.33. The smallest absolute Gasteiger partial charge is 0.359 e. The summed E-state index contributed by atoms with van der Waals surface area (Å²) in [5.74, 6) is -1.26. The van der Waals surface area contributed by atoms with E-state index in [1.165, 1.54) is 11.6 Å². The average Bonchev–Trinajstić information content (AvgIpc) is 3.02. The van der Waals surface area contributed by atoms with E-state index in [1.54, 1.807) is 38.1 Å². The number of aromatic nitrogens is 3. The zero-order chi connectivity index (χ0) is 22.9. The molecule has 3 rings (SSSR count). The number of ketones is 2. The number of ether oxygens (including phenoxy) is 1. The molecular weight excluding hydrogens is 398 g/mol.